The van der Waals surface area contributed by atoms with E-state index in [0.717, 1.165) is 25.7 Å². The van der Waals surface area contributed by atoms with Gasteiger partial charge in [0.2, 0.25) is 11.8 Å². The van der Waals surface area contributed by atoms with E-state index < -0.39 is 0 Å². The molecule has 2 aromatic rings. The van der Waals surface area contributed by atoms with Gasteiger partial charge in [-0.1, -0.05) is 0 Å². The first-order chi connectivity index (χ1) is 10.7. The largest absolute Gasteiger partial charge is 0.477 e. The topological polar surface area (TPSA) is 90.9 Å². The van der Waals surface area contributed by atoms with Gasteiger partial charge in [0.25, 0.3) is 0 Å². The molecule has 0 radical (unpaired) electrons. The second-order valence-electron chi connectivity index (χ2n) is 5.81. The maximum Gasteiger partial charge on any atom is 0.231 e. The molecule has 7 nitrogen and oxygen atoms in total. The van der Waals surface area contributed by atoms with E-state index in [1.807, 2.05) is 19.3 Å². The second kappa shape index (κ2) is 6.74. The van der Waals surface area contributed by atoms with Crippen LogP contribution in [-0.2, 0) is 7.05 Å². The Morgan fingerprint density at radius 2 is 2.14 bits per heavy atom. The number of hydrogen-bond acceptors (Lipinski definition) is 6. The molecule has 0 spiro atoms. The van der Waals surface area contributed by atoms with Gasteiger partial charge in [-0.25, -0.2) is 4.98 Å². The summed E-state index contributed by atoms with van der Waals surface area (Å²) < 4.78 is 7.53. The molecule has 1 saturated carbocycles. The molecule has 2 heterocycles. The fourth-order valence-corrected chi connectivity index (χ4v) is 2.64. The van der Waals surface area contributed by atoms with Crippen molar-refractivity contribution in [1.29, 1.82) is 0 Å². The number of nitrogens with one attached hydrogen (secondary N) is 1. The number of hydrogen-bond donors (Lipinski definition) is 2. The van der Waals surface area contributed by atoms with Crippen LogP contribution in [0, 0.1) is 5.92 Å². The van der Waals surface area contributed by atoms with E-state index in [2.05, 4.69) is 20.4 Å². The van der Waals surface area contributed by atoms with Crippen LogP contribution in [0.15, 0.2) is 24.5 Å². The molecule has 0 atom stereocenters. The Labute approximate surface area is 129 Å². The summed E-state index contributed by atoms with van der Waals surface area (Å²) in [6, 6.07) is 4.00. The molecule has 1 aliphatic carbocycles. The van der Waals surface area contributed by atoms with E-state index in [1.165, 1.54) is 0 Å². The van der Waals surface area contributed by atoms with Crippen LogP contribution >= 0.6 is 0 Å². The lowest BCUT2D eigenvalue weighted by molar-refractivity contribution is 0.195. The lowest BCUT2D eigenvalue weighted by Crippen LogP contribution is -2.28. The SMILES string of the molecule is Cn1ccc(Nc2nccc(OC[C@H]3CC[C@H](N)CC3)n2)n1. The van der Waals surface area contributed by atoms with Gasteiger partial charge in [0.1, 0.15) is 0 Å². The third-order valence-electron chi connectivity index (χ3n) is 3.94. The van der Waals surface area contributed by atoms with Crippen molar-refractivity contribution in [1.82, 2.24) is 19.7 Å². The van der Waals surface area contributed by atoms with Gasteiger partial charge in [-0.05, 0) is 31.6 Å². The van der Waals surface area contributed by atoms with Crippen molar-refractivity contribution >= 4 is 11.8 Å². The van der Waals surface area contributed by atoms with Crippen LogP contribution in [0.25, 0.3) is 0 Å². The fraction of sp³-hybridized carbons (Fsp3) is 0.533. The molecule has 2 aromatic heterocycles. The fourth-order valence-electron chi connectivity index (χ4n) is 2.64. The zero-order valence-electron chi connectivity index (χ0n) is 12.8. The van der Waals surface area contributed by atoms with E-state index in [1.54, 1.807) is 16.9 Å². The Balaban J connectivity index is 1.54. The summed E-state index contributed by atoms with van der Waals surface area (Å²) in [4.78, 5) is 8.54. The number of rotatable bonds is 5. The first-order valence-corrected chi connectivity index (χ1v) is 7.67. The van der Waals surface area contributed by atoms with E-state index in [4.69, 9.17) is 10.5 Å². The van der Waals surface area contributed by atoms with Crippen LogP contribution in [0.5, 0.6) is 5.88 Å². The van der Waals surface area contributed by atoms with Crippen LogP contribution in [0.3, 0.4) is 0 Å². The summed E-state index contributed by atoms with van der Waals surface area (Å²) in [7, 11) is 1.86. The minimum atomic E-state index is 0.365. The van der Waals surface area contributed by atoms with Gasteiger partial charge in [0, 0.05) is 37.6 Å². The minimum absolute atomic E-state index is 0.365. The quantitative estimate of drug-likeness (QED) is 0.876. The van der Waals surface area contributed by atoms with Gasteiger partial charge in [-0.2, -0.15) is 10.1 Å². The van der Waals surface area contributed by atoms with Crippen LogP contribution in [0.1, 0.15) is 25.7 Å². The number of nitrogens with two attached hydrogens (primary N) is 1. The average molecular weight is 302 g/mol. The minimum Gasteiger partial charge on any atom is -0.477 e. The molecule has 22 heavy (non-hydrogen) atoms. The average Bonchev–Trinajstić information content (AvgIpc) is 2.92. The number of nitrogens with zero attached hydrogens (tertiary/aromatic N) is 4. The summed E-state index contributed by atoms with van der Waals surface area (Å²) in [5.41, 5.74) is 5.92. The highest BCUT2D eigenvalue weighted by molar-refractivity contribution is 5.46. The highest BCUT2D eigenvalue weighted by atomic mass is 16.5. The van der Waals surface area contributed by atoms with Gasteiger partial charge >= 0.3 is 0 Å². The zero-order chi connectivity index (χ0) is 15.4. The van der Waals surface area contributed by atoms with Gasteiger partial charge in [0.05, 0.1) is 6.61 Å². The van der Waals surface area contributed by atoms with E-state index >= 15 is 0 Å². The molecule has 0 amide bonds. The Bertz CT molecular complexity index is 606. The Morgan fingerprint density at radius 3 is 2.86 bits per heavy atom. The van der Waals surface area contributed by atoms with Crippen LogP contribution < -0.4 is 15.8 Å². The van der Waals surface area contributed by atoms with E-state index in [9.17, 15) is 0 Å². The molecule has 0 saturated heterocycles. The Morgan fingerprint density at radius 1 is 1.32 bits per heavy atom. The standard InChI is InChI=1S/C15H22N6O/c1-21-9-7-13(20-21)18-15-17-8-6-14(19-15)22-10-11-2-4-12(16)5-3-11/h6-9,11-12H,2-5,10,16H2,1H3,(H,17,18,19,20)/t11-,12-. The molecule has 1 aliphatic rings. The van der Waals surface area contributed by atoms with Crippen LogP contribution in [0.4, 0.5) is 11.8 Å². The molecule has 3 rings (SSSR count). The number of aryl methyl sites for hydroxylation is 1. The van der Waals surface area contributed by atoms with Gasteiger partial charge < -0.3 is 15.8 Å². The summed E-state index contributed by atoms with van der Waals surface area (Å²) in [5, 5.41) is 7.29. The maximum absolute atomic E-state index is 5.92. The number of aromatic nitrogens is 4. The highest BCUT2D eigenvalue weighted by Crippen LogP contribution is 2.24. The smallest absolute Gasteiger partial charge is 0.231 e. The second-order valence-corrected chi connectivity index (χ2v) is 5.81. The summed E-state index contributed by atoms with van der Waals surface area (Å²) >= 11 is 0. The molecular weight excluding hydrogens is 280 g/mol. The van der Waals surface area contributed by atoms with E-state index in [0.29, 0.717) is 36.2 Å². The Hall–Kier alpha value is -2.15. The third kappa shape index (κ3) is 3.94. The predicted octanol–water partition coefficient (Wildman–Crippen LogP) is 1.85. The van der Waals surface area contributed by atoms with Crippen LogP contribution in [0.2, 0.25) is 0 Å². The monoisotopic (exact) mass is 302 g/mol. The maximum atomic E-state index is 5.92. The predicted molar refractivity (Wildman–Crippen MR) is 84.0 cm³/mol. The molecule has 0 aliphatic heterocycles. The lowest BCUT2D eigenvalue weighted by atomic mass is 9.87. The van der Waals surface area contributed by atoms with Crippen molar-refractivity contribution in [2.24, 2.45) is 18.7 Å². The van der Waals surface area contributed by atoms with Gasteiger partial charge in [0.15, 0.2) is 5.82 Å². The molecule has 0 bridgehead atoms. The van der Waals surface area contributed by atoms with Crippen LogP contribution in [-0.4, -0.2) is 32.4 Å². The molecule has 0 unspecified atom stereocenters. The summed E-state index contributed by atoms with van der Waals surface area (Å²) in [6.45, 7) is 0.687. The van der Waals surface area contributed by atoms with Crippen molar-refractivity contribution in [2.75, 3.05) is 11.9 Å². The molecule has 7 heteroatoms. The van der Waals surface area contributed by atoms with Gasteiger partial charge in [-0.3, -0.25) is 4.68 Å². The van der Waals surface area contributed by atoms with Gasteiger partial charge in [-0.15, -0.1) is 0 Å². The molecule has 1 fully saturated rings. The van der Waals surface area contributed by atoms with Crippen molar-refractivity contribution < 1.29 is 4.74 Å². The lowest BCUT2D eigenvalue weighted by Gasteiger charge is -2.25. The van der Waals surface area contributed by atoms with Crippen molar-refractivity contribution in [3.05, 3.63) is 24.5 Å². The van der Waals surface area contributed by atoms with E-state index in [-0.39, 0.29) is 0 Å². The molecular formula is C15H22N6O. The summed E-state index contributed by atoms with van der Waals surface area (Å²) in [5.74, 6) is 2.35. The normalized spacial score (nSPS) is 21.5. The highest BCUT2D eigenvalue weighted by Gasteiger charge is 2.19. The first-order valence-electron chi connectivity index (χ1n) is 7.67. The van der Waals surface area contributed by atoms with Crippen molar-refractivity contribution in [3.63, 3.8) is 0 Å². The zero-order valence-corrected chi connectivity index (χ0v) is 12.8. The Kier molecular flexibility index (Phi) is 4.53. The van der Waals surface area contributed by atoms with Crippen molar-refractivity contribution in [2.45, 2.75) is 31.7 Å². The molecule has 0 aromatic carbocycles. The first kappa shape index (κ1) is 14.8. The molecule has 118 valence electrons. The number of ether oxygens (including phenoxy) is 1. The summed E-state index contributed by atoms with van der Waals surface area (Å²) in [6.07, 6.45) is 7.98. The molecule has 3 N–H and O–H groups in total. The number of anilines is 2. The third-order valence-corrected chi connectivity index (χ3v) is 3.94. The van der Waals surface area contributed by atoms with Crippen molar-refractivity contribution in [3.8, 4) is 5.88 Å².